The second kappa shape index (κ2) is 3.47. The summed E-state index contributed by atoms with van der Waals surface area (Å²) >= 11 is 0. The van der Waals surface area contributed by atoms with E-state index < -0.39 is 5.60 Å². The summed E-state index contributed by atoms with van der Waals surface area (Å²) in [5.41, 5.74) is 2.67. The van der Waals surface area contributed by atoms with Crippen molar-refractivity contribution in [2.75, 3.05) is 13.6 Å². The van der Waals surface area contributed by atoms with Crippen LogP contribution < -0.4 is 0 Å². The van der Waals surface area contributed by atoms with Gasteiger partial charge in [0, 0.05) is 17.4 Å². The smallest absolute Gasteiger partial charge is 0.159 e. The molecule has 3 heteroatoms. The van der Waals surface area contributed by atoms with Gasteiger partial charge in [-0.3, -0.25) is 9.69 Å². The lowest BCUT2D eigenvalue weighted by Crippen LogP contribution is -2.72. The lowest BCUT2D eigenvalue weighted by atomic mass is 9.50. The van der Waals surface area contributed by atoms with Crippen molar-refractivity contribution in [1.82, 2.24) is 4.90 Å². The Bertz CT molecular complexity index is 709. The maximum absolute atomic E-state index is 12.5. The summed E-state index contributed by atoms with van der Waals surface area (Å²) in [6, 6.07) is 6.54. The van der Waals surface area contributed by atoms with Crippen molar-refractivity contribution in [2.45, 2.75) is 36.3 Å². The molecule has 108 valence electrons. The number of carbonyl (C=O) groups excluding carboxylic acids is 1. The van der Waals surface area contributed by atoms with Crippen molar-refractivity contribution in [3.05, 3.63) is 47.0 Å². The largest absolute Gasteiger partial charge is 0.383 e. The van der Waals surface area contributed by atoms with Gasteiger partial charge in [0.25, 0.3) is 0 Å². The second-order valence-electron chi connectivity index (χ2n) is 7.19. The topological polar surface area (TPSA) is 40.5 Å². The van der Waals surface area contributed by atoms with Crippen LogP contribution in [0.15, 0.2) is 30.4 Å². The van der Waals surface area contributed by atoms with Crippen LogP contribution in [0, 0.1) is 5.92 Å². The molecule has 21 heavy (non-hydrogen) atoms. The van der Waals surface area contributed by atoms with Gasteiger partial charge < -0.3 is 5.11 Å². The van der Waals surface area contributed by atoms with Crippen molar-refractivity contribution in [3.63, 3.8) is 0 Å². The van der Waals surface area contributed by atoms with Crippen LogP contribution in [-0.2, 0) is 23.1 Å². The standard InChI is InChI=1S/C18H19NO2/c1-19-8-7-17-13-9-11-3-2-4-12(16(11)17)10-15(19)18(17,21)6-5-14(13)20/h2-6,13,15,21H,7-10H2,1H3/t13-,15?,17+,18?/m0/s1. The highest BCUT2D eigenvalue weighted by atomic mass is 16.3. The van der Waals surface area contributed by atoms with Gasteiger partial charge in [0.15, 0.2) is 5.78 Å². The number of aliphatic hydroxyl groups is 1. The molecule has 1 fully saturated rings. The van der Waals surface area contributed by atoms with Gasteiger partial charge in [0.1, 0.15) is 5.60 Å². The van der Waals surface area contributed by atoms with E-state index in [1.807, 2.05) is 6.08 Å². The van der Waals surface area contributed by atoms with Crippen LogP contribution in [0.1, 0.15) is 23.1 Å². The van der Waals surface area contributed by atoms with E-state index >= 15 is 0 Å². The van der Waals surface area contributed by atoms with Crippen molar-refractivity contribution < 1.29 is 9.90 Å². The maximum atomic E-state index is 12.5. The van der Waals surface area contributed by atoms with E-state index in [0.717, 1.165) is 25.8 Å². The molecule has 4 aliphatic rings. The molecule has 1 N–H and O–H groups in total. The zero-order valence-electron chi connectivity index (χ0n) is 12.2. The number of hydrogen-bond donors (Lipinski definition) is 1. The van der Waals surface area contributed by atoms with E-state index in [-0.39, 0.29) is 23.2 Å². The average Bonchev–Trinajstić information content (AvgIpc) is 2.81. The molecular formula is C18H19NO2. The predicted octanol–water partition coefficient (Wildman–Crippen LogP) is 1.23. The first kappa shape index (κ1) is 12.1. The van der Waals surface area contributed by atoms with Crippen LogP contribution in [0.3, 0.4) is 0 Å². The molecule has 0 aromatic heterocycles. The van der Waals surface area contributed by atoms with Crippen LogP contribution in [-0.4, -0.2) is 41.0 Å². The van der Waals surface area contributed by atoms with E-state index in [1.165, 1.54) is 16.7 Å². The van der Waals surface area contributed by atoms with Gasteiger partial charge in [0.2, 0.25) is 0 Å². The minimum absolute atomic E-state index is 0.0693. The monoisotopic (exact) mass is 281 g/mol. The number of carbonyl (C=O) groups is 1. The molecule has 0 amide bonds. The van der Waals surface area contributed by atoms with E-state index in [9.17, 15) is 9.90 Å². The van der Waals surface area contributed by atoms with Gasteiger partial charge in [0.05, 0.1) is 0 Å². The third-order valence-corrected chi connectivity index (χ3v) is 6.57. The summed E-state index contributed by atoms with van der Waals surface area (Å²) in [6.07, 6.45) is 6.01. The van der Waals surface area contributed by atoms with E-state index in [1.54, 1.807) is 6.08 Å². The molecule has 1 heterocycles. The Kier molecular flexibility index (Phi) is 2.01. The van der Waals surface area contributed by atoms with Crippen molar-refractivity contribution in [1.29, 1.82) is 0 Å². The van der Waals surface area contributed by atoms with Crippen molar-refractivity contribution in [2.24, 2.45) is 5.92 Å². The summed E-state index contributed by atoms with van der Waals surface area (Å²) in [6.45, 7) is 0.957. The Labute approximate surface area is 124 Å². The molecular weight excluding hydrogens is 262 g/mol. The third-order valence-electron chi connectivity index (χ3n) is 6.57. The first-order valence-electron chi connectivity index (χ1n) is 7.85. The van der Waals surface area contributed by atoms with Gasteiger partial charge in [-0.05, 0) is 61.7 Å². The van der Waals surface area contributed by atoms with Gasteiger partial charge in [-0.15, -0.1) is 0 Å². The minimum atomic E-state index is -0.891. The molecule has 3 aliphatic carbocycles. The lowest BCUT2D eigenvalue weighted by molar-refractivity contribution is -0.146. The number of rotatable bonds is 0. The van der Waals surface area contributed by atoms with Gasteiger partial charge in [-0.1, -0.05) is 18.2 Å². The number of allylic oxidation sites excluding steroid dienone is 1. The number of likely N-dealkylation sites (N-methyl/N-ethyl adjacent to an activating group) is 1. The fraction of sp³-hybridized carbons (Fsp3) is 0.500. The molecule has 0 radical (unpaired) electrons. The zero-order chi connectivity index (χ0) is 14.4. The number of nitrogens with zero attached hydrogens (tertiary/aromatic N) is 1. The quantitative estimate of drug-likeness (QED) is 0.777. The molecule has 0 saturated carbocycles. The molecule has 1 aromatic carbocycles. The molecule has 2 bridgehead atoms. The van der Waals surface area contributed by atoms with Gasteiger partial charge >= 0.3 is 0 Å². The Hall–Kier alpha value is -1.45. The van der Waals surface area contributed by atoms with Crippen LogP contribution in [0.25, 0.3) is 0 Å². The maximum Gasteiger partial charge on any atom is 0.159 e. The number of hydrogen-bond acceptors (Lipinski definition) is 3. The van der Waals surface area contributed by atoms with Crippen LogP contribution in [0.5, 0.6) is 0 Å². The Balaban J connectivity index is 1.90. The fourth-order valence-electron chi connectivity index (χ4n) is 5.70. The molecule has 2 unspecified atom stereocenters. The Morgan fingerprint density at radius 1 is 1.29 bits per heavy atom. The third kappa shape index (κ3) is 1.11. The normalized spacial score (nSPS) is 43.0. The summed E-state index contributed by atoms with van der Waals surface area (Å²) in [5.74, 6) is 0.132. The van der Waals surface area contributed by atoms with E-state index in [4.69, 9.17) is 0 Å². The number of ketones is 1. The Morgan fingerprint density at radius 2 is 2.05 bits per heavy atom. The highest BCUT2D eigenvalue weighted by Crippen LogP contribution is 2.62. The summed E-state index contributed by atoms with van der Waals surface area (Å²) in [4.78, 5) is 14.8. The number of likely N-dealkylation sites (tertiary alicyclic amines) is 1. The van der Waals surface area contributed by atoms with E-state index in [2.05, 4.69) is 30.1 Å². The summed E-state index contributed by atoms with van der Waals surface area (Å²) in [7, 11) is 2.10. The lowest BCUT2D eigenvalue weighted by Gasteiger charge is -2.61. The number of piperidine rings is 1. The molecule has 1 spiro atoms. The highest BCUT2D eigenvalue weighted by molar-refractivity contribution is 5.96. The van der Waals surface area contributed by atoms with Crippen LogP contribution in [0.2, 0.25) is 0 Å². The molecule has 3 nitrogen and oxygen atoms in total. The number of benzene rings is 1. The molecule has 1 aliphatic heterocycles. The molecule has 4 atom stereocenters. The second-order valence-corrected chi connectivity index (χ2v) is 7.19. The first-order chi connectivity index (χ1) is 10.1. The van der Waals surface area contributed by atoms with Crippen LogP contribution >= 0.6 is 0 Å². The predicted molar refractivity (Wildman–Crippen MR) is 79.1 cm³/mol. The fourth-order valence-corrected chi connectivity index (χ4v) is 5.70. The van der Waals surface area contributed by atoms with Gasteiger partial charge in [-0.2, -0.15) is 0 Å². The summed E-state index contributed by atoms with van der Waals surface area (Å²) in [5, 5.41) is 11.6. The summed E-state index contributed by atoms with van der Waals surface area (Å²) < 4.78 is 0. The average molecular weight is 281 g/mol. The molecule has 1 aromatic rings. The highest BCUT2D eigenvalue weighted by Gasteiger charge is 2.69. The van der Waals surface area contributed by atoms with Crippen LogP contribution in [0.4, 0.5) is 0 Å². The zero-order valence-corrected chi connectivity index (χ0v) is 12.2. The Morgan fingerprint density at radius 3 is 2.86 bits per heavy atom. The molecule has 1 saturated heterocycles. The van der Waals surface area contributed by atoms with Crippen molar-refractivity contribution >= 4 is 5.78 Å². The molecule has 5 rings (SSSR count). The first-order valence-corrected chi connectivity index (χ1v) is 7.85. The SMILES string of the molecule is CN1CC[C@]23c4c5cccc4C[C@H]2C(=O)C=CC3(O)C1C5. The minimum Gasteiger partial charge on any atom is -0.383 e. The van der Waals surface area contributed by atoms with Crippen molar-refractivity contribution in [3.8, 4) is 0 Å². The van der Waals surface area contributed by atoms with E-state index in [0.29, 0.717) is 0 Å². The van der Waals surface area contributed by atoms with Gasteiger partial charge in [-0.25, -0.2) is 0 Å².